The van der Waals surface area contributed by atoms with Gasteiger partial charge in [0, 0.05) is 11.8 Å². The van der Waals surface area contributed by atoms with E-state index in [4.69, 9.17) is 34.8 Å². The van der Waals surface area contributed by atoms with Gasteiger partial charge in [-0.25, -0.2) is 0 Å². The molecule has 1 unspecified atom stereocenters. The molecule has 0 aromatic rings. The fourth-order valence-electron chi connectivity index (χ4n) is 0.776. The lowest BCUT2D eigenvalue weighted by Crippen LogP contribution is -2.28. The fourth-order valence-corrected chi connectivity index (χ4v) is 2.37. The molecule has 1 atom stereocenters. The molecule has 0 spiro atoms. The van der Waals surface area contributed by atoms with Gasteiger partial charge in [0.05, 0.1) is 4.87 Å². The van der Waals surface area contributed by atoms with Crippen LogP contribution in [0.5, 0.6) is 0 Å². The van der Waals surface area contributed by atoms with Gasteiger partial charge in [-0.05, 0) is 17.4 Å². The highest BCUT2D eigenvalue weighted by molar-refractivity contribution is 7.30. The van der Waals surface area contributed by atoms with Gasteiger partial charge in [-0.15, -0.1) is 39.3 Å². The Morgan fingerprint density at radius 2 is 1.77 bits per heavy atom. The summed E-state index contributed by atoms with van der Waals surface area (Å²) in [5.74, 6) is 0.693. The van der Waals surface area contributed by atoms with Crippen molar-refractivity contribution in [1.82, 2.24) is 0 Å². The van der Waals surface area contributed by atoms with Crippen LogP contribution < -0.4 is 4.89 Å². The van der Waals surface area contributed by atoms with Crippen molar-refractivity contribution in [3.63, 3.8) is 0 Å². The number of alkyl halides is 3. The maximum Gasteiger partial charge on any atom is 0.488 e. The number of hydrogen-bond donors (Lipinski definition) is 0. The molecule has 0 bridgehead atoms. The van der Waals surface area contributed by atoms with Gasteiger partial charge >= 0.3 is 8.25 Å². The monoisotopic (exact) mass is 266 g/mol. The first-order valence-electron chi connectivity index (χ1n) is 3.62. The van der Waals surface area contributed by atoms with Crippen LogP contribution in [0.25, 0.3) is 0 Å². The molecular formula is C6H10Cl3O3P. The molecule has 0 aromatic carbocycles. The first-order valence-corrected chi connectivity index (χ1v) is 6.16. The Hall–Kier alpha value is 0.890. The number of halogens is 3. The summed E-state index contributed by atoms with van der Waals surface area (Å²) in [7, 11) is -2.86. The van der Waals surface area contributed by atoms with Crippen LogP contribution in [0.1, 0.15) is 12.8 Å². The van der Waals surface area contributed by atoms with E-state index in [0.717, 1.165) is 0 Å². The lowest BCUT2D eigenvalue weighted by molar-refractivity contribution is -0.186. The topological polar surface area (TPSA) is 49.4 Å². The average molecular weight is 267 g/mol. The molecule has 13 heavy (non-hydrogen) atoms. The zero-order valence-corrected chi connectivity index (χ0v) is 10.0. The summed E-state index contributed by atoms with van der Waals surface area (Å²) in [6.45, 7) is -0.0767. The van der Waals surface area contributed by atoms with Gasteiger partial charge in [0.1, 0.15) is 6.61 Å². The molecule has 78 valence electrons. The van der Waals surface area contributed by atoms with Crippen LogP contribution in [0, 0.1) is 0 Å². The first kappa shape index (κ1) is 13.9. The first-order chi connectivity index (χ1) is 6.04. The molecule has 0 saturated heterocycles. The Kier molecular flexibility index (Phi) is 7.71. The second-order valence-electron chi connectivity index (χ2n) is 2.53. The van der Waals surface area contributed by atoms with Crippen LogP contribution in [-0.4, -0.2) is 23.2 Å². The van der Waals surface area contributed by atoms with Gasteiger partial charge in [0.2, 0.25) is 0 Å². The quantitative estimate of drug-likeness (QED) is 0.525. The van der Waals surface area contributed by atoms with Crippen molar-refractivity contribution < 1.29 is 14.0 Å². The minimum absolute atomic E-state index is 0.0767. The summed E-state index contributed by atoms with van der Waals surface area (Å²) in [5.41, 5.74) is 0. The van der Waals surface area contributed by atoms with E-state index >= 15 is 0 Å². The lowest BCUT2D eigenvalue weighted by atomic mass is 10.0. The Balaban J connectivity index is 3.98. The SMILES string of the molecule is O=[P+]([O-])OCC(Cl)(CCCl)CCCl. The third-order valence-corrected chi connectivity index (χ3v) is 2.72. The van der Waals surface area contributed by atoms with Crippen LogP contribution in [0.3, 0.4) is 0 Å². The summed E-state index contributed by atoms with van der Waals surface area (Å²) in [5, 5.41) is 0. The number of hydrogen-bond acceptors (Lipinski definition) is 3. The van der Waals surface area contributed by atoms with E-state index in [0.29, 0.717) is 24.6 Å². The van der Waals surface area contributed by atoms with Crippen molar-refractivity contribution in [2.75, 3.05) is 18.4 Å². The van der Waals surface area contributed by atoms with Crippen molar-refractivity contribution in [1.29, 1.82) is 0 Å². The highest BCUT2D eigenvalue weighted by Gasteiger charge is 2.29. The summed E-state index contributed by atoms with van der Waals surface area (Å²) >= 11 is 17.0. The second kappa shape index (κ2) is 7.22. The van der Waals surface area contributed by atoms with Gasteiger partial charge in [0.15, 0.2) is 0 Å². The predicted molar refractivity (Wildman–Crippen MR) is 52.8 cm³/mol. The minimum atomic E-state index is -2.86. The summed E-state index contributed by atoms with van der Waals surface area (Å²) in [6, 6.07) is 0. The van der Waals surface area contributed by atoms with Crippen molar-refractivity contribution in [2.24, 2.45) is 0 Å². The molecule has 0 aromatic heterocycles. The lowest BCUT2D eigenvalue weighted by Gasteiger charge is -2.22. The van der Waals surface area contributed by atoms with Crippen LogP contribution >= 0.6 is 43.1 Å². The van der Waals surface area contributed by atoms with Gasteiger partial charge in [-0.1, -0.05) is 0 Å². The Morgan fingerprint density at radius 3 is 2.08 bits per heavy atom. The predicted octanol–water partition coefficient (Wildman–Crippen LogP) is 2.26. The van der Waals surface area contributed by atoms with Crippen molar-refractivity contribution >= 4 is 43.1 Å². The fraction of sp³-hybridized carbons (Fsp3) is 1.00. The van der Waals surface area contributed by atoms with E-state index in [9.17, 15) is 9.46 Å². The van der Waals surface area contributed by atoms with E-state index in [2.05, 4.69) is 4.52 Å². The zero-order chi connectivity index (χ0) is 10.3. The smallest absolute Gasteiger partial charge is 0.488 e. The molecule has 0 N–H and O–H groups in total. The molecule has 7 heteroatoms. The zero-order valence-electron chi connectivity index (χ0n) is 6.84. The second-order valence-corrected chi connectivity index (χ2v) is 4.79. The Morgan fingerprint density at radius 1 is 1.31 bits per heavy atom. The summed E-state index contributed by atoms with van der Waals surface area (Å²) in [4.78, 5) is 9.38. The minimum Gasteiger partial charge on any atom is -0.566 e. The molecule has 0 rings (SSSR count). The maximum atomic E-state index is 10.1. The summed E-state index contributed by atoms with van der Waals surface area (Å²) < 4.78 is 14.6. The Bertz CT molecular complexity index is 161. The van der Waals surface area contributed by atoms with Gasteiger partial charge < -0.3 is 4.89 Å². The third kappa shape index (κ3) is 6.89. The molecule has 3 nitrogen and oxygen atoms in total. The number of rotatable bonds is 7. The van der Waals surface area contributed by atoms with E-state index in [1.54, 1.807) is 0 Å². The normalized spacial score (nSPS) is 13.1. The van der Waals surface area contributed by atoms with Crippen LogP contribution in [0.15, 0.2) is 0 Å². The largest absolute Gasteiger partial charge is 0.566 e. The molecular weight excluding hydrogens is 257 g/mol. The molecule has 0 radical (unpaired) electrons. The molecule has 0 saturated carbocycles. The molecule has 0 amide bonds. The summed E-state index contributed by atoms with van der Waals surface area (Å²) in [6.07, 6.45) is 0.929. The third-order valence-electron chi connectivity index (χ3n) is 1.51. The molecule has 0 aliphatic carbocycles. The van der Waals surface area contributed by atoms with Crippen molar-refractivity contribution in [2.45, 2.75) is 17.7 Å². The molecule has 0 aliphatic rings. The van der Waals surface area contributed by atoms with E-state index in [1.165, 1.54) is 0 Å². The standard InChI is InChI=1S/C6H10Cl3O3P/c7-3-1-6(9,2-4-8)5-12-13(10)11/h1-5H2. The highest BCUT2D eigenvalue weighted by Crippen LogP contribution is 2.28. The maximum absolute atomic E-state index is 10.1. The van der Waals surface area contributed by atoms with Gasteiger partial charge in [-0.2, -0.15) is 0 Å². The molecule has 0 heterocycles. The van der Waals surface area contributed by atoms with Crippen LogP contribution in [-0.2, 0) is 9.09 Å². The van der Waals surface area contributed by atoms with Crippen molar-refractivity contribution in [3.8, 4) is 0 Å². The van der Waals surface area contributed by atoms with Crippen molar-refractivity contribution in [3.05, 3.63) is 0 Å². The van der Waals surface area contributed by atoms with Crippen LogP contribution in [0.4, 0.5) is 0 Å². The molecule has 0 fully saturated rings. The van der Waals surface area contributed by atoms with E-state index in [-0.39, 0.29) is 6.61 Å². The van der Waals surface area contributed by atoms with E-state index in [1.807, 2.05) is 0 Å². The van der Waals surface area contributed by atoms with E-state index < -0.39 is 13.1 Å². The van der Waals surface area contributed by atoms with Gasteiger partial charge in [-0.3, -0.25) is 0 Å². The molecule has 0 aliphatic heterocycles. The highest BCUT2D eigenvalue weighted by atomic mass is 35.5. The average Bonchev–Trinajstić information content (AvgIpc) is 2.02. The van der Waals surface area contributed by atoms with Gasteiger partial charge in [0.25, 0.3) is 0 Å². The Labute approximate surface area is 93.3 Å². The van der Waals surface area contributed by atoms with Crippen LogP contribution in [0.2, 0.25) is 0 Å².